The Morgan fingerprint density at radius 3 is 2.62 bits per heavy atom. The monoisotopic (exact) mass is 292 g/mol. The minimum Gasteiger partial charge on any atom is -0.445 e. The molecule has 1 aromatic rings. The molecule has 1 fully saturated rings. The summed E-state index contributed by atoms with van der Waals surface area (Å²) in [5.41, 5.74) is 0.876. The summed E-state index contributed by atoms with van der Waals surface area (Å²) in [4.78, 5) is 26.9. The van der Waals surface area contributed by atoms with Gasteiger partial charge in [0, 0.05) is 20.5 Å². The molecule has 114 valence electrons. The number of carbonyl (C=O) groups is 2. The minimum atomic E-state index is -0.692. The molecule has 0 radical (unpaired) electrons. The highest BCUT2D eigenvalue weighted by Crippen LogP contribution is 2.20. The van der Waals surface area contributed by atoms with Gasteiger partial charge in [-0.15, -0.1) is 0 Å². The Labute approximate surface area is 123 Å². The fourth-order valence-electron chi connectivity index (χ4n) is 2.35. The Bertz CT molecular complexity index is 504. The molecule has 2 atom stereocenters. The van der Waals surface area contributed by atoms with Crippen molar-refractivity contribution >= 4 is 12.0 Å². The zero-order valence-corrected chi connectivity index (χ0v) is 12.2. The number of carbonyl (C=O) groups excluding carboxylic acids is 2. The van der Waals surface area contributed by atoms with Gasteiger partial charge in [-0.25, -0.2) is 4.79 Å². The van der Waals surface area contributed by atoms with Crippen molar-refractivity contribution in [1.82, 2.24) is 9.80 Å². The van der Waals surface area contributed by atoms with Crippen molar-refractivity contribution in [2.75, 3.05) is 20.6 Å². The van der Waals surface area contributed by atoms with E-state index in [9.17, 15) is 14.7 Å². The highest BCUT2D eigenvalue weighted by molar-refractivity contribution is 5.86. The number of β-amino-alcohol motifs (C(OH)–C–C–N with tert-alkyl or cyclic N) is 1. The number of amides is 2. The standard InChI is InChI=1S/C15H20N2O4/c1-16(2)14(19)13-8-12(18)9-17(13)15(20)21-10-11-6-4-3-5-7-11/h3-7,12-13,18H,8-10H2,1-2H3/t12-,13+/m0/s1. The minimum absolute atomic E-state index is 0.123. The van der Waals surface area contributed by atoms with Crippen LogP contribution in [-0.4, -0.2) is 59.7 Å². The van der Waals surface area contributed by atoms with Gasteiger partial charge in [0.15, 0.2) is 0 Å². The van der Waals surface area contributed by atoms with E-state index in [0.717, 1.165) is 5.56 Å². The first-order valence-electron chi connectivity index (χ1n) is 6.85. The molecule has 1 aromatic carbocycles. The fourth-order valence-corrected chi connectivity index (χ4v) is 2.35. The lowest BCUT2D eigenvalue weighted by Gasteiger charge is -2.25. The van der Waals surface area contributed by atoms with Crippen LogP contribution in [0.25, 0.3) is 0 Å². The average Bonchev–Trinajstić information content (AvgIpc) is 2.87. The Kier molecular flexibility index (Phi) is 4.80. The van der Waals surface area contributed by atoms with E-state index >= 15 is 0 Å². The summed E-state index contributed by atoms with van der Waals surface area (Å²) in [7, 11) is 3.25. The normalized spacial score (nSPS) is 21.2. The van der Waals surface area contributed by atoms with Crippen LogP contribution in [0.15, 0.2) is 30.3 Å². The summed E-state index contributed by atoms with van der Waals surface area (Å²) in [6, 6.07) is 8.66. The van der Waals surface area contributed by atoms with E-state index in [1.54, 1.807) is 14.1 Å². The van der Waals surface area contributed by atoms with E-state index in [1.165, 1.54) is 9.80 Å². The van der Waals surface area contributed by atoms with E-state index in [1.807, 2.05) is 30.3 Å². The fraction of sp³-hybridized carbons (Fsp3) is 0.467. The highest BCUT2D eigenvalue weighted by Gasteiger charge is 2.40. The van der Waals surface area contributed by atoms with Gasteiger partial charge in [-0.1, -0.05) is 30.3 Å². The van der Waals surface area contributed by atoms with Gasteiger partial charge >= 0.3 is 6.09 Å². The molecule has 0 spiro atoms. The van der Waals surface area contributed by atoms with Gasteiger partial charge in [-0.2, -0.15) is 0 Å². The largest absolute Gasteiger partial charge is 0.445 e. The van der Waals surface area contributed by atoms with Gasteiger partial charge < -0.3 is 14.7 Å². The molecule has 1 N–H and O–H groups in total. The van der Waals surface area contributed by atoms with Crippen molar-refractivity contribution in [1.29, 1.82) is 0 Å². The quantitative estimate of drug-likeness (QED) is 0.896. The van der Waals surface area contributed by atoms with Gasteiger partial charge in [0.2, 0.25) is 5.91 Å². The van der Waals surface area contributed by atoms with Crippen molar-refractivity contribution in [3.63, 3.8) is 0 Å². The summed E-state index contributed by atoms with van der Waals surface area (Å²) in [5.74, 6) is -0.205. The number of likely N-dealkylation sites (tertiary alicyclic amines) is 1. The lowest BCUT2D eigenvalue weighted by Crippen LogP contribution is -2.45. The average molecular weight is 292 g/mol. The second-order valence-corrected chi connectivity index (χ2v) is 5.33. The van der Waals surface area contributed by atoms with Crippen molar-refractivity contribution < 1.29 is 19.4 Å². The van der Waals surface area contributed by atoms with Crippen LogP contribution in [0.1, 0.15) is 12.0 Å². The molecule has 0 saturated carbocycles. The Hall–Kier alpha value is -2.08. The van der Waals surface area contributed by atoms with Crippen molar-refractivity contribution in [3.8, 4) is 0 Å². The first-order chi connectivity index (χ1) is 9.99. The van der Waals surface area contributed by atoms with Gasteiger partial charge in [-0.3, -0.25) is 9.69 Å². The second-order valence-electron chi connectivity index (χ2n) is 5.33. The molecule has 1 heterocycles. The van der Waals surface area contributed by atoms with Gasteiger partial charge in [0.05, 0.1) is 12.6 Å². The predicted molar refractivity (Wildman–Crippen MR) is 76.4 cm³/mol. The lowest BCUT2D eigenvalue weighted by molar-refractivity contribution is -0.133. The first kappa shape index (κ1) is 15.3. The smallest absolute Gasteiger partial charge is 0.410 e. The lowest BCUT2D eigenvalue weighted by atomic mass is 10.2. The van der Waals surface area contributed by atoms with Gasteiger partial charge in [-0.05, 0) is 5.56 Å². The van der Waals surface area contributed by atoms with Crippen LogP contribution in [0.5, 0.6) is 0 Å². The number of ether oxygens (including phenoxy) is 1. The first-order valence-corrected chi connectivity index (χ1v) is 6.85. The molecule has 0 bridgehead atoms. The van der Waals surface area contributed by atoms with E-state index in [0.29, 0.717) is 0 Å². The number of rotatable bonds is 3. The zero-order chi connectivity index (χ0) is 15.4. The zero-order valence-electron chi connectivity index (χ0n) is 12.2. The topological polar surface area (TPSA) is 70.1 Å². The molecule has 6 nitrogen and oxygen atoms in total. The maximum atomic E-state index is 12.1. The predicted octanol–water partition coefficient (Wildman–Crippen LogP) is 0.847. The van der Waals surface area contributed by atoms with E-state index < -0.39 is 18.2 Å². The number of hydrogen-bond donors (Lipinski definition) is 1. The number of benzene rings is 1. The van der Waals surface area contributed by atoms with Gasteiger partial charge in [0.1, 0.15) is 12.6 Å². The highest BCUT2D eigenvalue weighted by atomic mass is 16.6. The van der Waals surface area contributed by atoms with Crippen molar-refractivity contribution in [2.45, 2.75) is 25.2 Å². The van der Waals surface area contributed by atoms with E-state index in [4.69, 9.17) is 4.74 Å². The molecule has 0 aromatic heterocycles. The number of aliphatic hydroxyl groups is 1. The Morgan fingerprint density at radius 2 is 2.00 bits per heavy atom. The summed E-state index contributed by atoms with van der Waals surface area (Å²) < 4.78 is 5.23. The molecule has 1 aliphatic heterocycles. The molecule has 1 saturated heterocycles. The maximum Gasteiger partial charge on any atom is 0.410 e. The van der Waals surface area contributed by atoms with Crippen LogP contribution in [0.4, 0.5) is 4.79 Å². The summed E-state index contributed by atoms with van der Waals surface area (Å²) in [5, 5.41) is 9.71. The molecular weight excluding hydrogens is 272 g/mol. The van der Waals surface area contributed by atoms with Crippen LogP contribution < -0.4 is 0 Å². The van der Waals surface area contributed by atoms with Crippen LogP contribution in [0.3, 0.4) is 0 Å². The molecule has 2 amide bonds. The van der Waals surface area contributed by atoms with Crippen molar-refractivity contribution in [2.24, 2.45) is 0 Å². The third-order valence-electron chi connectivity index (χ3n) is 3.44. The van der Waals surface area contributed by atoms with Crippen LogP contribution in [0.2, 0.25) is 0 Å². The number of hydrogen-bond acceptors (Lipinski definition) is 4. The van der Waals surface area contributed by atoms with Crippen LogP contribution >= 0.6 is 0 Å². The molecule has 1 aliphatic rings. The molecule has 21 heavy (non-hydrogen) atoms. The van der Waals surface area contributed by atoms with E-state index in [-0.39, 0.29) is 25.5 Å². The number of likely N-dealkylation sites (N-methyl/N-ethyl adjacent to an activating group) is 1. The SMILES string of the molecule is CN(C)C(=O)[C@H]1C[C@H](O)CN1C(=O)OCc1ccccc1. The maximum absolute atomic E-state index is 12.1. The van der Waals surface area contributed by atoms with Crippen molar-refractivity contribution in [3.05, 3.63) is 35.9 Å². The Balaban J connectivity index is 1.98. The molecule has 0 unspecified atom stereocenters. The summed E-state index contributed by atoms with van der Waals surface area (Å²) in [6.07, 6.45) is -1.02. The van der Waals surface area contributed by atoms with Crippen LogP contribution in [-0.2, 0) is 16.1 Å². The van der Waals surface area contributed by atoms with Crippen LogP contribution in [0, 0.1) is 0 Å². The molecular formula is C15H20N2O4. The Morgan fingerprint density at radius 1 is 1.33 bits per heavy atom. The number of aliphatic hydroxyl groups excluding tert-OH is 1. The van der Waals surface area contributed by atoms with Gasteiger partial charge in [0.25, 0.3) is 0 Å². The molecule has 6 heteroatoms. The molecule has 0 aliphatic carbocycles. The number of nitrogens with zero attached hydrogens (tertiary/aromatic N) is 2. The second kappa shape index (κ2) is 6.58. The van der Waals surface area contributed by atoms with E-state index in [2.05, 4.69) is 0 Å². The molecule has 2 rings (SSSR count). The third-order valence-corrected chi connectivity index (χ3v) is 3.44. The third kappa shape index (κ3) is 3.72. The summed E-state index contributed by atoms with van der Waals surface area (Å²) >= 11 is 0. The summed E-state index contributed by atoms with van der Waals surface area (Å²) in [6.45, 7) is 0.271.